The van der Waals surface area contributed by atoms with E-state index in [-0.39, 0.29) is 24.6 Å². The molecule has 0 bridgehead atoms. The van der Waals surface area contributed by atoms with Crippen LogP contribution in [0.1, 0.15) is 29.5 Å². The average Bonchev–Trinajstić information content (AvgIpc) is 2.31. The summed E-state index contributed by atoms with van der Waals surface area (Å²) in [4.78, 5) is 22.5. The van der Waals surface area contributed by atoms with Crippen LogP contribution in [0.5, 0.6) is 0 Å². The molecule has 0 N–H and O–H groups in total. The number of Topliss-reactive ketones (excluding diaryl/α,β-unsaturated/α-hetero) is 1. The molecule has 17 heavy (non-hydrogen) atoms. The summed E-state index contributed by atoms with van der Waals surface area (Å²) in [7, 11) is 1.33. The van der Waals surface area contributed by atoms with E-state index in [1.807, 2.05) is 32.0 Å². The van der Waals surface area contributed by atoms with E-state index in [1.165, 1.54) is 18.2 Å². The Morgan fingerprint density at radius 3 is 2.41 bits per heavy atom. The summed E-state index contributed by atoms with van der Waals surface area (Å²) in [5.74, 6) is -0.267. The molecule has 1 aromatic rings. The molecule has 3 nitrogen and oxygen atoms in total. The molecular weight excluding hydrogens is 216 g/mol. The highest BCUT2D eigenvalue weighted by atomic mass is 16.5. The van der Waals surface area contributed by atoms with Gasteiger partial charge in [-0.3, -0.25) is 9.59 Å². The van der Waals surface area contributed by atoms with E-state index in [9.17, 15) is 9.59 Å². The van der Waals surface area contributed by atoms with Gasteiger partial charge in [-0.1, -0.05) is 18.2 Å². The number of ether oxygens (including phenoxy) is 1. The van der Waals surface area contributed by atoms with Crippen LogP contribution < -0.4 is 0 Å². The van der Waals surface area contributed by atoms with Crippen molar-refractivity contribution in [1.82, 2.24) is 0 Å². The Bertz CT molecular complexity index is 421. The Morgan fingerprint density at radius 2 is 1.82 bits per heavy atom. The molecule has 92 valence electrons. The van der Waals surface area contributed by atoms with E-state index >= 15 is 0 Å². The van der Waals surface area contributed by atoms with Gasteiger partial charge in [0.1, 0.15) is 5.78 Å². The summed E-state index contributed by atoms with van der Waals surface area (Å²) in [5.41, 5.74) is 3.40. The van der Waals surface area contributed by atoms with Crippen LogP contribution in [0, 0.1) is 13.8 Å². The molecule has 0 atom stereocenters. The molecule has 1 aromatic carbocycles. The van der Waals surface area contributed by atoms with Gasteiger partial charge in [-0.25, -0.2) is 0 Å². The standard InChI is InChI=1S/C14H18O3/c1-10-4-5-12(8-11(10)2)9-13(15)6-7-14(16)17-3/h4-5,8H,6-7,9H2,1-3H3. The van der Waals surface area contributed by atoms with Gasteiger partial charge in [-0.2, -0.15) is 0 Å². The Balaban J connectivity index is 2.50. The molecule has 0 amide bonds. The Hall–Kier alpha value is -1.64. The number of methoxy groups -OCH3 is 1. The maximum atomic E-state index is 11.6. The first-order valence-corrected chi connectivity index (χ1v) is 5.67. The van der Waals surface area contributed by atoms with E-state index < -0.39 is 0 Å². The SMILES string of the molecule is COC(=O)CCC(=O)Cc1ccc(C)c(C)c1. The number of rotatable bonds is 5. The van der Waals surface area contributed by atoms with Gasteiger partial charge in [0.25, 0.3) is 0 Å². The lowest BCUT2D eigenvalue weighted by atomic mass is 10.0. The zero-order chi connectivity index (χ0) is 12.8. The lowest BCUT2D eigenvalue weighted by molar-refractivity contribution is -0.141. The van der Waals surface area contributed by atoms with Gasteiger partial charge in [-0.05, 0) is 30.5 Å². The van der Waals surface area contributed by atoms with Crippen molar-refractivity contribution in [2.45, 2.75) is 33.1 Å². The van der Waals surface area contributed by atoms with Crippen molar-refractivity contribution in [3.63, 3.8) is 0 Å². The highest BCUT2D eigenvalue weighted by molar-refractivity contribution is 5.84. The highest BCUT2D eigenvalue weighted by Crippen LogP contribution is 2.11. The van der Waals surface area contributed by atoms with Gasteiger partial charge in [0, 0.05) is 12.8 Å². The number of carbonyl (C=O) groups excluding carboxylic acids is 2. The van der Waals surface area contributed by atoms with Crippen LogP contribution in [-0.4, -0.2) is 18.9 Å². The summed E-state index contributed by atoms with van der Waals surface area (Å²) >= 11 is 0. The van der Waals surface area contributed by atoms with Crippen molar-refractivity contribution < 1.29 is 14.3 Å². The first kappa shape index (κ1) is 13.4. The lowest BCUT2D eigenvalue weighted by Crippen LogP contribution is -2.08. The normalized spacial score (nSPS) is 10.1. The number of benzene rings is 1. The van der Waals surface area contributed by atoms with E-state index in [4.69, 9.17) is 0 Å². The van der Waals surface area contributed by atoms with Gasteiger partial charge < -0.3 is 4.74 Å². The summed E-state index contributed by atoms with van der Waals surface area (Å²) in [5, 5.41) is 0. The molecule has 3 heteroatoms. The molecule has 0 saturated carbocycles. The van der Waals surface area contributed by atoms with Crippen LogP contribution in [-0.2, 0) is 20.7 Å². The van der Waals surface area contributed by atoms with E-state index in [0.29, 0.717) is 6.42 Å². The third-order valence-electron chi connectivity index (χ3n) is 2.81. The van der Waals surface area contributed by atoms with Gasteiger partial charge in [-0.15, -0.1) is 0 Å². The second kappa shape index (κ2) is 6.18. The minimum Gasteiger partial charge on any atom is -0.469 e. The fraction of sp³-hybridized carbons (Fsp3) is 0.429. The van der Waals surface area contributed by atoms with Crippen LogP contribution >= 0.6 is 0 Å². The third kappa shape index (κ3) is 4.39. The fourth-order valence-electron chi connectivity index (χ4n) is 1.57. The van der Waals surface area contributed by atoms with Gasteiger partial charge in [0.05, 0.1) is 13.5 Å². The van der Waals surface area contributed by atoms with Crippen molar-refractivity contribution in [3.8, 4) is 0 Å². The Labute approximate surface area is 102 Å². The molecule has 0 aliphatic rings. The number of hydrogen-bond acceptors (Lipinski definition) is 3. The van der Waals surface area contributed by atoms with Crippen molar-refractivity contribution in [2.75, 3.05) is 7.11 Å². The topological polar surface area (TPSA) is 43.4 Å². The summed E-state index contributed by atoms with van der Waals surface area (Å²) < 4.78 is 4.49. The fourth-order valence-corrected chi connectivity index (χ4v) is 1.57. The maximum absolute atomic E-state index is 11.6. The average molecular weight is 234 g/mol. The second-order valence-electron chi connectivity index (χ2n) is 4.21. The number of carbonyl (C=O) groups is 2. The molecule has 0 unspecified atom stereocenters. The van der Waals surface area contributed by atoms with E-state index in [0.717, 1.165) is 5.56 Å². The molecule has 0 heterocycles. The van der Waals surface area contributed by atoms with Crippen LogP contribution in [0.15, 0.2) is 18.2 Å². The highest BCUT2D eigenvalue weighted by Gasteiger charge is 2.08. The molecule has 0 spiro atoms. The summed E-state index contributed by atoms with van der Waals surface area (Å²) in [6, 6.07) is 5.99. The van der Waals surface area contributed by atoms with Crippen molar-refractivity contribution in [3.05, 3.63) is 34.9 Å². The molecule has 0 aliphatic carbocycles. The molecule has 0 aliphatic heterocycles. The van der Waals surface area contributed by atoms with Crippen LogP contribution in [0.4, 0.5) is 0 Å². The first-order chi connectivity index (χ1) is 8.02. The van der Waals surface area contributed by atoms with Gasteiger partial charge >= 0.3 is 5.97 Å². The van der Waals surface area contributed by atoms with Crippen LogP contribution in [0.25, 0.3) is 0 Å². The largest absolute Gasteiger partial charge is 0.469 e. The maximum Gasteiger partial charge on any atom is 0.305 e. The minimum atomic E-state index is -0.335. The summed E-state index contributed by atoms with van der Waals surface area (Å²) in [6.07, 6.45) is 0.803. The quantitative estimate of drug-likeness (QED) is 0.735. The monoisotopic (exact) mass is 234 g/mol. The molecule has 0 radical (unpaired) electrons. The van der Waals surface area contributed by atoms with Crippen molar-refractivity contribution in [1.29, 1.82) is 0 Å². The van der Waals surface area contributed by atoms with E-state index in [2.05, 4.69) is 4.74 Å². The van der Waals surface area contributed by atoms with E-state index in [1.54, 1.807) is 0 Å². The number of hydrogen-bond donors (Lipinski definition) is 0. The number of aryl methyl sites for hydroxylation is 2. The molecule has 1 rings (SSSR count). The Morgan fingerprint density at radius 1 is 1.12 bits per heavy atom. The number of ketones is 1. The van der Waals surface area contributed by atoms with Gasteiger partial charge in [0.15, 0.2) is 0 Å². The zero-order valence-corrected chi connectivity index (χ0v) is 10.6. The van der Waals surface area contributed by atoms with Crippen LogP contribution in [0.3, 0.4) is 0 Å². The van der Waals surface area contributed by atoms with Crippen LogP contribution in [0.2, 0.25) is 0 Å². The predicted octanol–water partition coefficient (Wildman–Crippen LogP) is 2.37. The van der Waals surface area contributed by atoms with Crippen molar-refractivity contribution >= 4 is 11.8 Å². The number of esters is 1. The first-order valence-electron chi connectivity index (χ1n) is 5.67. The molecule has 0 saturated heterocycles. The molecule has 0 aromatic heterocycles. The second-order valence-corrected chi connectivity index (χ2v) is 4.21. The Kier molecular flexibility index (Phi) is 4.88. The zero-order valence-electron chi connectivity index (χ0n) is 10.6. The smallest absolute Gasteiger partial charge is 0.305 e. The molecular formula is C14H18O3. The third-order valence-corrected chi connectivity index (χ3v) is 2.81. The molecule has 0 fully saturated rings. The van der Waals surface area contributed by atoms with Gasteiger partial charge in [0.2, 0.25) is 0 Å². The predicted molar refractivity (Wildman–Crippen MR) is 65.9 cm³/mol. The minimum absolute atomic E-state index is 0.0682. The lowest BCUT2D eigenvalue weighted by Gasteiger charge is -2.04. The summed E-state index contributed by atoms with van der Waals surface area (Å²) in [6.45, 7) is 4.07. The van der Waals surface area contributed by atoms with Crippen molar-refractivity contribution in [2.24, 2.45) is 0 Å².